The number of carbonyl (C=O) groups is 1. The fourth-order valence-electron chi connectivity index (χ4n) is 0.241. The monoisotopic (exact) mass is 191 g/mol. The minimum atomic E-state index is -3.63. The van der Waals surface area contributed by atoms with Gasteiger partial charge in [-0.05, 0) is 12.7 Å². The van der Waals surface area contributed by atoms with Crippen molar-refractivity contribution in [1.82, 2.24) is 0 Å². The van der Waals surface area contributed by atoms with Gasteiger partial charge in [0.15, 0.2) is 5.96 Å². The Morgan fingerprint density at radius 2 is 2.33 bits per heavy atom. The maximum Gasteiger partial charge on any atom is 0.320 e. The first-order valence-corrected chi connectivity index (χ1v) is 2.74. The maximum absolute atomic E-state index is 10.7. The zero-order valence-electron chi connectivity index (χ0n) is 13.0. The van der Waals surface area contributed by atoms with Gasteiger partial charge in [0.05, 0.1) is 4.11 Å². The Balaban J connectivity index is 5.91. The molecule has 0 saturated heterocycles. The van der Waals surface area contributed by atoms with E-state index in [9.17, 15) is 4.79 Å². The molecular weight excluding hydrogens is 170 g/mol. The summed E-state index contributed by atoms with van der Waals surface area (Å²) in [6, 6.07) is -3.44. The van der Waals surface area contributed by atoms with E-state index in [2.05, 4.69) is 4.99 Å². The number of aliphatic imine (C=N–C) groups is 1. The highest BCUT2D eigenvalue weighted by Gasteiger charge is 2.09. The average Bonchev–Trinajstić information content (AvgIpc) is 2.14. The number of hydrogen-bond donors (Lipinski definition) is 4. The molecule has 6 nitrogen and oxygen atoms in total. The van der Waals surface area contributed by atoms with E-state index in [0.717, 1.165) is 0 Å². The van der Waals surface area contributed by atoms with Crippen LogP contribution in [0.1, 0.15) is 22.3 Å². The van der Waals surface area contributed by atoms with E-state index in [-0.39, 0.29) is 0 Å². The first-order chi connectivity index (χ1) is 8.11. The highest BCUT2D eigenvalue weighted by atomic mass is 16.5. The van der Waals surface area contributed by atoms with E-state index in [1.54, 1.807) is 0 Å². The van der Waals surface area contributed by atoms with Crippen LogP contribution in [0.25, 0.3) is 0 Å². The van der Waals surface area contributed by atoms with Crippen LogP contribution >= 0.6 is 0 Å². The predicted molar refractivity (Wildman–Crippen MR) is 45.5 cm³/mol. The van der Waals surface area contributed by atoms with Crippen LogP contribution in [0.3, 0.4) is 0 Å². The number of nitrogens with two attached hydrogens (primary N) is 3. The van der Waals surface area contributed by atoms with Crippen molar-refractivity contribution in [1.29, 1.82) is 0 Å². The molecule has 0 heterocycles. The van der Waals surface area contributed by atoms with Crippen molar-refractivity contribution in [3.8, 4) is 0 Å². The molecule has 0 aliphatic carbocycles. The molecular formula is C6H14N4O2. The highest BCUT2D eigenvalue weighted by molar-refractivity contribution is 5.75. The summed E-state index contributed by atoms with van der Waals surface area (Å²) in [4.78, 5) is 13.6. The van der Waals surface area contributed by atoms with E-state index >= 15 is 0 Å². The minimum absolute atomic E-state index is 0.868. The lowest BCUT2D eigenvalue weighted by Gasteiger charge is -2.03. The van der Waals surface area contributed by atoms with Gasteiger partial charge in [-0.25, -0.2) is 0 Å². The molecule has 0 aromatic rings. The van der Waals surface area contributed by atoms with Crippen molar-refractivity contribution in [3.05, 3.63) is 0 Å². The first kappa shape index (κ1) is 3.61. The molecule has 70 valence electrons. The molecule has 0 unspecified atom stereocenters. The van der Waals surface area contributed by atoms with Crippen molar-refractivity contribution >= 4 is 11.9 Å². The molecule has 0 fully saturated rings. The van der Waals surface area contributed by atoms with Gasteiger partial charge < -0.3 is 22.3 Å². The molecule has 0 amide bonds. The lowest BCUT2D eigenvalue weighted by atomic mass is 11.1. The summed E-state index contributed by atoms with van der Waals surface area (Å²) in [5.41, 5.74) is 14.7. The van der Waals surface area contributed by atoms with E-state index in [1.807, 2.05) is 0 Å². The summed E-state index contributed by atoms with van der Waals surface area (Å²) in [6.07, 6.45) is -7.22. The largest absolute Gasteiger partial charge is 0.480 e. The molecule has 6 heteroatoms. The minimum Gasteiger partial charge on any atom is -0.480 e. The van der Waals surface area contributed by atoms with E-state index in [1.165, 1.54) is 0 Å². The molecule has 0 aliphatic rings. The summed E-state index contributed by atoms with van der Waals surface area (Å²) in [7, 11) is 0. The van der Waals surface area contributed by atoms with Crippen molar-refractivity contribution in [2.24, 2.45) is 22.2 Å². The molecule has 1 atom stereocenters. The Morgan fingerprint density at radius 1 is 1.75 bits per heavy atom. The van der Waals surface area contributed by atoms with Gasteiger partial charge in [-0.3, -0.25) is 9.79 Å². The Labute approximate surface area is 80.3 Å². The summed E-state index contributed by atoms with van der Waals surface area (Å²) >= 11 is 0. The van der Waals surface area contributed by atoms with Crippen LogP contribution in [0.15, 0.2) is 4.99 Å². The second kappa shape index (κ2) is 5.36. The second-order valence-corrected chi connectivity index (χ2v) is 1.62. The molecule has 7 N–H and O–H groups in total. The molecule has 0 aromatic carbocycles. The highest BCUT2D eigenvalue weighted by Crippen LogP contribution is 1.94. The molecule has 0 bridgehead atoms. The van der Waals surface area contributed by atoms with Crippen LogP contribution in [-0.4, -0.2) is 29.6 Å². The van der Waals surface area contributed by atoms with Crippen LogP contribution < -0.4 is 17.2 Å². The van der Waals surface area contributed by atoms with Crippen LogP contribution in [-0.2, 0) is 4.79 Å². The Kier molecular flexibility index (Phi) is 1.61. The summed E-state index contributed by atoms with van der Waals surface area (Å²) < 4.78 is 51.4. The van der Waals surface area contributed by atoms with Crippen LogP contribution in [0, 0.1) is 0 Å². The Bertz CT molecular complexity index is 404. The third kappa shape index (κ3) is 5.48. The van der Waals surface area contributed by atoms with Gasteiger partial charge in [-0.2, -0.15) is 0 Å². The number of carboxylic acid groups (broad SMARTS) is 1. The average molecular weight is 191 g/mol. The zero-order valence-corrected chi connectivity index (χ0v) is 6.03. The smallest absolute Gasteiger partial charge is 0.320 e. The third-order valence-corrected chi connectivity index (χ3v) is 0.668. The van der Waals surface area contributed by atoms with Gasteiger partial charge in [0, 0.05) is 12.0 Å². The summed E-state index contributed by atoms with van der Waals surface area (Å²) in [5, 5.41) is 8.66. The summed E-state index contributed by atoms with van der Waals surface area (Å²) in [6.45, 7) is -3.32. The van der Waals surface area contributed by atoms with E-state index in [4.69, 9.17) is 31.9 Å². The van der Waals surface area contributed by atoms with Crippen molar-refractivity contribution in [3.63, 3.8) is 0 Å². The first-order valence-electron chi connectivity index (χ1n) is 6.24. The molecule has 0 aliphatic heterocycles. The standard InChI is InChI=1S/C6H14N4O2/c7-4(5(11)12)2-1-3-10-6(8)9/h4H,1-3,7H2,(H,11,12)(H4,8,9,10)/t4-/m0/s1/i1+1D2,2+1D2,3+1D2,4+1D,5+1,6+1,7+1,8+1,9+1,10+1. The molecule has 0 saturated carbocycles. The number of guanidine groups is 1. The topological polar surface area (TPSA) is 128 Å². The second-order valence-electron chi connectivity index (χ2n) is 1.62. The molecule has 0 radical (unpaired) electrons. The molecule has 0 aromatic heterocycles. The van der Waals surface area contributed by atoms with Gasteiger partial charge in [-0.1, -0.05) is 0 Å². The van der Waals surface area contributed by atoms with Crippen molar-refractivity contribution in [2.75, 3.05) is 6.50 Å². The van der Waals surface area contributed by atoms with Crippen LogP contribution in [0.4, 0.5) is 0 Å². The number of aliphatic carboxylic acids is 1. The SMILES string of the molecule is [2H][13C]([2H])([15N]=[13C]([15NH2])[15NH2])[13C]([2H])([2H])[13C]([2H])([2H])[13C@]([2H])([15NH2])[13C](=O)O. The molecule has 0 spiro atoms. The van der Waals surface area contributed by atoms with Gasteiger partial charge in [0.1, 0.15) is 6.02 Å². The van der Waals surface area contributed by atoms with Gasteiger partial charge >= 0.3 is 5.97 Å². The number of hydrogen-bond acceptors (Lipinski definition) is 3. The maximum atomic E-state index is 10.7. The third-order valence-electron chi connectivity index (χ3n) is 0.668. The quantitative estimate of drug-likeness (QED) is 0.181. The van der Waals surface area contributed by atoms with Gasteiger partial charge in [0.2, 0.25) is 0 Å². The van der Waals surface area contributed by atoms with Crippen LogP contribution in [0.2, 0.25) is 0 Å². The van der Waals surface area contributed by atoms with Crippen LogP contribution in [0.5, 0.6) is 0 Å². The van der Waals surface area contributed by atoms with Gasteiger partial charge in [-0.15, -0.1) is 0 Å². The lowest BCUT2D eigenvalue weighted by molar-refractivity contribution is -0.138. The molecule has 0 rings (SSSR count). The zero-order chi connectivity index (χ0) is 15.9. The number of rotatable bonds is 5. The predicted octanol–water partition coefficient (Wildman–Crippen LogP) is -1.55. The lowest BCUT2D eigenvalue weighted by Crippen LogP contribution is -2.30. The summed E-state index contributed by atoms with van der Waals surface area (Å²) in [5.74, 6) is -3.03. The Hall–Kier alpha value is -1.30. The van der Waals surface area contributed by atoms with E-state index < -0.39 is 37.2 Å². The van der Waals surface area contributed by atoms with Crippen molar-refractivity contribution < 1.29 is 19.5 Å². The normalized spacial score (nSPS) is 26.9. The fourth-order valence-corrected chi connectivity index (χ4v) is 0.241. The number of nitrogens with zero attached hydrogens (tertiary/aromatic N) is 1. The van der Waals surface area contributed by atoms with E-state index in [0.29, 0.717) is 0 Å². The van der Waals surface area contributed by atoms with Gasteiger partial charge in [0.25, 0.3) is 0 Å². The Morgan fingerprint density at radius 3 is 2.75 bits per heavy atom. The van der Waals surface area contributed by atoms with Crippen molar-refractivity contribution in [2.45, 2.75) is 18.8 Å². The fraction of sp³-hybridized carbons (Fsp3) is 0.667. The number of carboxylic acids is 1. The molecule has 12 heavy (non-hydrogen) atoms.